The van der Waals surface area contributed by atoms with Gasteiger partial charge >= 0.3 is 0 Å². The highest BCUT2D eigenvalue weighted by atomic mass is 16.1. The van der Waals surface area contributed by atoms with E-state index in [9.17, 15) is 4.79 Å². The minimum Gasteiger partial charge on any atom is -0.349 e. The van der Waals surface area contributed by atoms with E-state index in [4.69, 9.17) is 0 Å². The number of azo groups is 2. The first-order chi connectivity index (χ1) is 10.1. The minimum absolute atomic E-state index is 0. The SMILES string of the molecule is C=C/C=C(\C=NC)[N+]1=NC=C(C(=O)NC/C=C/C(C)C)[CH]1.[HH]. The number of nitrogens with zero attached hydrogens (tertiary/aromatic N) is 3. The molecule has 0 spiro atoms. The lowest BCUT2D eigenvalue weighted by atomic mass is 10.2. The predicted octanol–water partition coefficient (Wildman–Crippen LogP) is 2.86. The zero-order valence-electron chi connectivity index (χ0n) is 12.8. The van der Waals surface area contributed by atoms with Gasteiger partial charge in [0.25, 0.3) is 18.1 Å². The van der Waals surface area contributed by atoms with E-state index >= 15 is 0 Å². The number of rotatable bonds is 7. The Morgan fingerprint density at radius 1 is 1.62 bits per heavy atom. The molecule has 1 aliphatic rings. The summed E-state index contributed by atoms with van der Waals surface area (Å²) >= 11 is 0. The maximum absolute atomic E-state index is 12.0. The van der Waals surface area contributed by atoms with Crippen LogP contribution >= 0.6 is 0 Å². The smallest absolute Gasteiger partial charge is 0.284 e. The first-order valence-corrected chi connectivity index (χ1v) is 6.83. The summed E-state index contributed by atoms with van der Waals surface area (Å²) in [7, 11) is 1.68. The second kappa shape index (κ2) is 8.79. The van der Waals surface area contributed by atoms with Gasteiger partial charge in [-0.2, -0.15) is 0 Å². The topological polar surface area (TPSA) is 56.8 Å². The van der Waals surface area contributed by atoms with Gasteiger partial charge in [-0.05, 0) is 11.0 Å². The van der Waals surface area contributed by atoms with Crippen molar-refractivity contribution in [2.45, 2.75) is 13.8 Å². The highest BCUT2D eigenvalue weighted by molar-refractivity contribution is 5.95. The van der Waals surface area contributed by atoms with Gasteiger partial charge in [0, 0.05) is 21.1 Å². The van der Waals surface area contributed by atoms with Crippen LogP contribution in [0.5, 0.6) is 0 Å². The molecule has 5 nitrogen and oxygen atoms in total. The van der Waals surface area contributed by atoms with E-state index in [2.05, 4.69) is 35.8 Å². The van der Waals surface area contributed by atoms with Gasteiger partial charge in [-0.15, -0.1) is 0 Å². The molecule has 1 amide bonds. The van der Waals surface area contributed by atoms with Gasteiger partial charge < -0.3 is 5.32 Å². The summed E-state index contributed by atoms with van der Waals surface area (Å²) in [6, 6.07) is 0. The fraction of sp³-hybridized carbons (Fsp3) is 0.312. The lowest BCUT2D eigenvalue weighted by Crippen LogP contribution is -2.25. The maximum atomic E-state index is 12.0. The number of nitrogens with one attached hydrogen (secondary N) is 1. The largest absolute Gasteiger partial charge is 0.349 e. The van der Waals surface area contributed by atoms with Crippen LogP contribution in [0, 0.1) is 12.5 Å². The molecule has 113 valence electrons. The summed E-state index contributed by atoms with van der Waals surface area (Å²) in [5, 5.41) is 6.98. The van der Waals surface area contributed by atoms with Gasteiger partial charge in [0.05, 0.1) is 6.21 Å². The Morgan fingerprint density at radius 2 is 2.38 bits per heavy atom. The normalized spacial score (nSPS) is 15.7. The number of hydrogen-bond acceptors (Lipinski definition) is 3. The van der Waals surface area contributed by atoms with Crippen LogP contribution in [0.15, 0.2) is 58.5 Å². The highest BCUT2D eigenvalue weighted by Gasteiger charge is 2.26. The summed E-state index contributed by atoms with van der Waals surface area (Å²) in [6.45, 7) is 10.00. The lowest BCUT2D eigenvalue weighted by molar-refractivity contribution is -0.482. The van der Waals surface area contributed by atoms with Crippen molar-refractivity contribution in [3.8, 4) is 0 Å². The van der Waals surface area contributed by atoms with Crippen LogP contribution in [0.1, 0.15) is 15.3 Å². The van der Waals surface area contributed by atoms with E-state index < -0.39 is 0 Å². The van der Waals surface area contributed by atoms with Gasteiger partial charge in [-0.1, -0.05) is 43.4 Å². The van der Waals surface area contributed by atoms with Gasteiger partial charge in [0.15, 0.2) is 0 Å². The Morgan fingerprint density at radius 3 is 3.00 bits per heavy atom. The molecule has 5 heteroatoms. The maximum Gasteiger partial charge on any atom is 0.284 e. The summed E-state index contributed by atoms with van der Waals surface area (Å²) < 4.78 is 1.59. The van der Waals surface area contributed by atoms with E-state index in [0.717, 1.165) is 5.70 Å². The molecule has 0 saturated heterocycles. The van der Waals surface area contributed by atoms with Crippen LogP contribution < -0.4 is 5.32 Å². The van der Waals surface area contributed by atoms with Gasteiger partial charge in [-0.3, -0.25) is 9.79 Å². The number of amides is 1. The Kier molecular flexibility index (Phi) is 7.01. The molecule has 1 heterocycles. The van der Waals surface area contributed by atoms with Gasteiger partial charge in [0.1, 0.15) is 11.8 Å². The van der Waals surface area contributed by atoms with Crippen molar-refractivity contribution in [1.29, 1.82) is 0 Å². The minimum atomic E-state index is -0.152. The second-order valence-corrected chi connectivity index (χ2v) is 4.77. The molecule has 0 aliphatic carbocycles. The van der Waals surface area contributed by atoms with Crippen molar-refractivity contribution in [3.05, 3.63) is 54.9 Å². The summed E-state index contributed by atoms with van der Waals surface area (Å²) in [6.07, 6.45) is 10.6. The predicted molar refractivity (Wildman–Crippen MR) is 86.9 cm³/mol. The number of allylic oxidation sites excluding steroid dienone is 4. The summed E-state index contributed by atoms with van der Waals surface area (Å²) in [5.74, 6) is 0.325. The molecule has 21 heavy (non-hydrogen) atoms. The van der Waals surface area contributed by atoms with E-state index in [1.165, 1.54) is 6.20 Å². The number of carbonyl (C=O) groups is 1. The van der Waals surface area contributed by atoms with Crippen molar-refractivity contribution in [2.24, 2.45) is 16.0 Å². The summed E-state index contributed by atoms with van der Waals surface area (Å²) in [4.78, 5) is 15.9. The molecule has 0 fully saturated rings. The average Bonchev–Trinajstić information content (AvgIpc) is 2.92. The van der Waals surface area contributed by atoms with E-state index in [-0.39, 0.29) is 7.33 Å². The Hall–Kier alpha value is -2.30. The molecule has 0 saturated carbocycles. The van der Waals surface area contributed by atoms with Crippen LogP contribution in [0.25, 0.3) is 0 Å². The lowest BCUT2D eigenvalue weighted by Gasteiger charge is -2.00. The molecule has 1 radical (unpaired) electrons. The average molecular weight is 288 g/mol. The molecule has 0 atom stereocenters. The molecule has 1 N–H and O–H groups in total. The van der Waals surface area contributed by atoms with E-state index in [0.29, 0.717) is 18.0 Å². The summed E-state index contributed by atoms with van der Waals surface area (Å²) in [5.41, 5.74) is 1.25. The Labute approximate surface area is 127 Å². The van der Waals surface area contributed by atoms with Crippen LogP contribution in [0.3, 0.4) is 0 Å². The zero-order valence-corrected chi connectivity index (χ0v) is 12.8. The third-order valence-corrected chi connectivity index (χ3v) is 2.56. The molecule has 0 aromatic carbocycles. The van der Waals surface area contributed by atoms with E-state index in [1.807, 2.05) is 12.2 Å². The monoisotopic (exact) mass is 288 g/mol. The van der Waals surface area contributed by atoms with Gasteiger partial charge in [0.2, 0.25) is 0 Å². The molecule has 0 aromatic rings. The van der Waals surface area contributed by atoms with Crippen LogP contribution in [0.2, 0.25) is 0 Å². The van der Waals surface area contributed by atoms with Gasteiger partial charge in [-0.25, -0.2) is 0 Å². The molecule has 0 bridgehead atoms. The molecular formula is C16H24N4O+. The first kappa shape index (κ1) is 16.8. The third-order valence-electron chi connectivity index (χ3n) is 2.56. The van der Waals surface area contributed by atoms with Crippen molar-refractivity contribution in [3.63, 3.8) is 0 Å². The number of aliphatic imine (C=N–C) groups is 1. The molecule has 1 aliphatic heterocycles. The van der Waals surface area contributed by atoms with E-state index in [1.54, 1.807) is 36.7 Å². The fourth-order valence-corrected chi connectivity index (χ4v) is 1.61. The van der Waals surface area contributed by atoms with Crippen molar-refractivity contribution in [1.82, 2.24) is 5.32 Å². The van der Waals surface area contributed by atoms with Crippen molar-refractivity contribution in [2.75, 3.05) is 13.6 Å². The first-order valence-electron chi connectivity index (χ1n) is 6.83. The number of carbonyl (C=O) groups excluding carboxylic acids is 1. The second-order valence-electron chi connectivity index (χ2n) is 4.77. The quantitative estimate of drug-likeness (QED) is 0.333. The van der Waals surface area contributed by atoms with Crippen LogP contribution in [0.4, 0.5) is 0 Å². The zero-order chi connectivity index (χ0) is 15.7. The Balaban J connectivity index is 0.00000441. The standard InChI is InChI=1S/C16H22N4O.H2/c1-5-7-15(11-17-4)20-12-14(10-19-20)16(21)18-9-6-8-13(2)3;/h5-8,10-13H,1,9H2,2-4H3,(H,18,21);1H/q+1;/b8-6+,15-7+,17-11?;. The highest BCUT2D eigenvalue weighted by Crippen LogP contribution is 2.14. The molecule has 1 rings (SSSR count). The van der Waals surface area contributed by atoms with Crippen LogP contribution in [-0.2, 0) is 4.79 Å². The number of hydrogen-bond donors (Lipinski definition) is 1. The fourth-order valence-electron chi connectivity index (χ4n) is 1.61. The van der Waals surface area contributed by atoms with Crippen molar-refractivity contribution >= 4 is 12.1 Å². The molecule has 0 unspecified atom stereocenters. The van der Waals surface area contributed by atoms with Crippen LogP contribution in [-0.4, -0.2) is 30.4 Å². The molecular weight excluding hydrogens is 264 g/mol. The molecule has 0 aromatic heterocycles. The van der Waals surface area contributed by atoms with Crippen molar-refractivity contribution < 1.29 is 10.9 Å². The Bertz CT molecular complexity index is 542. The third kappa shape index (κ3) is 5.69.